The topological polar surface area (TPSA) is 33.7 Å². The first kappa shape index (κ1) is 16.4. The fourth-order valence-corrected chi connectivity index (χ4v) is 3.16. The van der Waals surface area contributed by atoms with Crippen LogP contribution in [-0.4, -0.2) is 45.3 Å². The van der Waals surface area contributed by atoms with Crippen LogP contribution in [0, 0.1) is 0 Å². The van der Waals surface area contributed by atoms with Gasteiger partial charge >= 0.3 is 0 Å². The summed E-state index contributed by atoms with van der Waals surface area (Å²) < 4.78 is 11.6. The van der Waals surface area contributed by atoms with E-state index in [0.29, 0.717) is 0 Å². The lowest BCUT2D eigenvalue weighted by molar-refractivity contribution is 0.296. The van der Waals surface area contributed by atoms with Gasteiger partial charge in [-0.1, -0.05) is 12.8 Å². The molecule has 1 aromatic rings. The predicted octanol–water partition coefficient (Wildman–Crippen LogP) is 3.75. The van der Waals surface area contributed by atoms with Crippen LogP contribution in [0.15, 0.2) is 16.6 Å². The third kappa shape index (κ3) is 4.78. The van der Waals surface area contributed by atoms with Gasteiger partial charge in [-0.25, -0.2) is 0 Å². The number of nitrogens with one attached hydrogen (secondary N) is 1. The highest BCUT2D eigenvalue weighted by Gasteiger charge is 2.11. The van der Waals surface area contributed by atoms with Crippen molar-refractivity contribution in [3.63, 3.8) is 0 Å². The summed E-state index contributed by atoms with van der Waals surface area (Å²) in [5, 5.41) is 3.48. The summed E-state index contributed by atoms with van der Waals surface area (Å²) in [6.07, 6.45) is 5.43. The largest absolute Gasteiger partial charge is 0.493 e. The number of ether oxygens (including phenoxy) is 2. The molecule has 0 atom stereocenters. The molecule has 1 N–H and O–H groups in total. The van der Waals surface area contributed by atoms with Gasteiger partial charge < -0.3 is 19.7 Å². The SMILES string of the molecule is COc1cc(Br)c(NCCN2CCCCCC2)cc1OC. The number of methoxy groups -OCH3 is 2. The first-order chi connectivity index (χ1) is 10.2. The van der Waals surface area contributed by atoms with Crippen LogP contribution in [0.5, 0.6) is 11.5 Å². The molecule has 2 rings (SSSR count). The Bertz CT molecular complexity index is 446. The molecule has 21 heavy (non-hydrogen) atoms. The Morgan fingerprint density at radius 2 is 1.67 bits per heavy atom. The molecule has 0 bridgehead atoms. The summed E-state index contributed by atoms with van der Waals surface area (Å²) in [7, 11) is 3.31. The van der Waals surface area contributed by atoms with E-state index in [0.717, 1.165) is 34.7 Å². The summed E-state index contributed by atoms with van der Waals surface area (Å²) in [5.74, 6) is 1.49. The van der Waals surface area contributed by atoms with E-state index in [9.17, 15) is 0 Å². The predicted molar refractivity (Wildman–Crippen MR) is 90.6 cm³/mol. The highest BCUT2D eigenvalue weighted by molar-refractivity contribution is 9.10. The van der Waals surface area contributed by atoms with Crippen LogP contribution in [0.4, 0.5) is 5.69 Å². The van der Waals surface area contributed by atoms with E-state index in [1.807, 2.05) is 12.1 Å². The average molecular weight is 357 g/mol. The molecule has 1 aliphatic heterocycles. The molecule has 0 aliphatic carbocycles. The van der Waals surface area contributed by atoms with Crippen molar-refractivity contribution in [2.45, 2.75) is 25.7 Å². The van der Waals surface area contributed by atoms with Gasteiger partial charge in [-0.05, 0) is 41.9 Å². The number of nitrogens with zero attached hydrogens (tertiary/aromatic N) is 1. The van der Waals surface area contributed by atoms with Crippen molar-refractivity contribution >= 4 is 21.6 Å². The van der Waals surface area contributed by atoms with E-state index in [2.05, 4.69) is 26.1 Å². The number of hydrogen-bond acceptors (Lipinski definition) is 4. The van der Waals surface area contributed by atoms with Gasteiger partial charge in [0.15, 0.2) is 11.5 Å². The Balaban J connectivity index is 1.90. The maximum absolute atomic E-state index is 5.35. The summed E-state index contributed by atoms with van der Waals surface area (Å²) in [5.41, 5.74) is 1.04. The van der Waals surface area contributed by atoms with Gasteiger partial charge in [0.2, 0.25) is 0 Å². The zero-order valence-electron chi connectivity index (χ0n) is 13.0. The van der Waals surface area contributed by atoms with Crippen LogP contribution in [-0.2, 0) is 0 Å². The molecule has 1 heterocycles. The Hall–Kier alpha value is -0.940. The number of likely N-dealkylation sites (tertiary alicyclic amines) is 1. The quantitative estimate of drug-likeness (QED) is 0.841. The second kappa shape index (κ2) is 8.49. The Morgan fingerprint density at radius 1 is 1.05 bits per heavy atom. The van der Waals surface area contributed by atoms with Gasteiger partial charge in [0.05, 0.1) is 19.9 Å². The van der Waals surface area contributed by atoms with E-state index in [1.54, 1.807) is 14.2 Å². The van der Waals surface area contributed by atoms with Crippen LogP contribution >= 0.6 is 15.9 Å². The molecule has 1 saturated heterocycles. The number of rotatable bonds is 6. The Morgan fingerprint density at radius 3 is 2.29 bits per heavy atom. The standard InChI is InChI=1S/C16H25BrN2O2/c1-20-15-11-13(17)14(12-16(15)21-2)18-7-10-19-8-5-3-4-6-9-19/h11-12,18H,3-10H2,1-2H3. The van der Waals surface area contributed by atoms with Crippen LogP contribution in [0.3, 0.4) is 0 Å². The van der Waals surface area contributed by atoms with E-state index < -0.39 is 0 Å². The molecule has 5 heteroatoms. The van der Waals surface area contributed by atoms with Crippen molar-refractivity contribution < 1.29 is 9.47 Å². The molecule has 4 nitrogen and oxygen atoms in total. The summed E-state index contributed by atoms with van der Waals surface area (Å²) in [4.78, 5) is 2.55. The normalized spacial score (nSPS) is 16.3. The zero-order valence-corrected chi connectivity index (χ0v) is 14.5. The molecule has 0 unspecified atom stereocenters. The van der Waals surface area contributed by atoms with Crippen LogP contribution < -0.4 is 14.8 Å². The number of hydrogen-bond donors (Lipinski definition) is 1. The first-order valence-corrected chi connectivity index (χ1v) is 8.41. The van der Waals surface area contributed by atoms with E-state index in [1.165, 1.54) is 38.8 Å². The first-order valence-electron chi connectivity index (χ1n) is 7.62. The summed E-state index contributed by atoms with van der Waals surface area (Å²) in [6, 6.07) is 3.92. The minimum absolute atomic E-state index is 0.738. The van der Waals surface area contributed by atoms with Gasteiger partial charge in [-0.2, -0.15) is 0 Å². The molecule has 1 aromatic carbocycles. The second-order valence-corrected chi connectivity index (χ2v) is 6.22. The molecule has 118 valence electrons. The smallest absolute Gasteiger partial charge is 0.162 e. The second-order valence-electron chi connectivity index (χ2n) is 5.37. The molecule has 0 amide bonds. The van der Waals surface area contributed by atoms with E-state index in [-0.39, 0.29) is 0 Å². The van der Waals surface area contributed by atoms with E-state index >= 15 is 0 Å². The maximum atomic E-state index is 5.35. The van der Waals surface area contributed by atoms with Crippen LogP contribution in [0.25, 0.3) is 0 Å². The number of halogens is 1. The molecular weight excluding hydrogens is 332 g/mol. The van der Waals surface area contributed by atoms with Crippen LogP contribution in [0.2, 0.25) is 0 Å². The fraction of sp³-hybridized carbons (Fsp3) is 0.625. The fourth-order valence-electron chi connectivity index (χ4n) is 2.70. The minimum atomic E-state index is 0.738. The van der Waals surface area contributed by atoms with Gasteiger partial charge in [-0.15, -0.1) is 0 Å². The zero-order chi connectivity index (χ0) is 15.1. The van der Waals surface area contributed by atoms with Crippen molar-refractivity contribution in [1.82, 2.24) is 4.90 Å². The molecule has 0 aromatic heterocycles. The molecule has 0 spiro atoms. The molecule has 1 fully saturated rings. The maximum Gasteiger partial charge on any atom is 0.162 e. The minimum Gasteiger partial charge on any atom is -0.493 e. The third-order valence-electron chi connectivity index (χ3n) is 3.92. The van der Waals surface area contributed by atoms with Gasteiger partial charge in [0, 0.05) is 29.7 Å². The van der Waals surface area contributed by atoms with Crippen LogP contribution in [0.1, 0.15) is 25.7 Å². The molecular formula is C16H25BrN2O2. The molecule has 1 aliphatic rings. The van der Waals surface area contributed by atoms with Crippen molar-refractivity contribution in [3.8, 4) is 11.5 Å². The summed E-state index contributed by atoms with van der Waals surface area (Å²) >= 11 is 3.58. The van der Waals surface area contributed by atoms with Gasteiger partial charge in [0.1, 0.15) is 0 Å². The number of anilines is 1. The van der Waals surface area contributed by atoms with Crippen molar-refractivity contribution in [3.05, 3.63) is 16.6 Å². The third-order valence-corrected chi connectivity index (χ3v) is 4.57. The Kier molecular flexibility index (Phi) is 6.64. The van der Waals surface area contributed by atoms with Crippen molar-refractivity contribution in [1.29, 1.82) is 0 Å². The van der Waals surface area contributed by atoms with Gasteiger partial charge in [0.25, 0.3) is 0 Å². The summed E-state index contributed by atoms with van der Waals surface area (Å²) in [6.45, 7) is 4.48. The average Bonchev–Trinajstić information content (AvgIpc) is 2.77. The highest BCUT2D eigenvalue weighted by Crippen LogP contribution is 2.36. The Labute approximate surface area is 135 Å². The lowest BCUT2D eigenvalue weighted by Gasteiger charge is -2.20. The lowest BCUT2D eigenvalue weighted by atomic mass is 10.2. The molecule has 0 radical (unpaired) electrons. The molecule has 0 saturated carbocycles. The van der Waals surface area contributed by atoms with E-state index in [4.69, 9.17) is 9.47 Å². The number of benzene rings is 1. The van der Waals surface area contributed by atoms with Crippen molar-refractivity contribution in [2.24, 2.45) is 0 Å². The van der Waals surface area contributed by atoms with Gasteiger partial charge in [-0.3, -0.25) is 0 Å². The lowest BCUT2D eigenvalue weighted by Crippen LogP contribution is -2.30. The highest BCUT2D eigenvalue weighted by atomic mass is 79.9. The van der Waals surface area contributed by atoms with Crippen molar-refractivity contribution in [2.75, 3.05) is 45.7 Å². The monoisotopic (exact) mass is 356 g/mol.